The van der Waals surface area contributed by atoms with Gasteiger partial charge in [-0.3, -0.25) is 4.79 Å². The van der Waals surface area contributed by atoms with Crippen LogP contribution < -0.4 is 0 Å². The van der Waals surface area contributed by atoms with Crippen molar-refractivity contribution in [2.45, 2.75) is 37.7 Å². The Balaban J connectivity index is 3.57. The maximum absolute atomic E-state index is 10.2. The second-order valence-electron chi connectivity index (χ2n) is 3.03. The summed E-state index contributed by atoms with van der Waals surface area (Å²) in [4.78, 5) is 10.2. The van der Waals surface area contributed by atoms with Crippen LogP contribution in [-0.2, 0) is 4.79 Å². The van der Waals surface area contributed by atoms with E-state index < -0.39 is 18.2 Å². The minimum atomic E-state index is -1.00. The van der Waals surface area contributed by atoms with Gasteiger partial charge in [-0.15, -0.1) is 0 Å². The number of carboxylic acid groups (broad SMARTS) is 1. The lowest BCUT2D eigenvalue weighted by atomic mass is 10.3. The summed E-state index contributed by atoms with van der Waals surface area (Å²) in [6.07, 6.45) is -1.51. The molecule has 0 spiro atoms. The number of carbonyl (C=O) groups is 1. The summed E-state index contributed by atoms with van der Waals surface area (Å²) >= 11 is 1.37. The third kappa shape index (κ3) is 6.86. The van der Waals surface area contributed by atoms with Crippen molar-refractivity contribution in [3.05, 3.63) is 0 Å². The fourth-order valence-electron chi connectivity index (χ4n) is 0.663. The lowest BCUT2D eigenvalue weighted by Crippen LogP contribution is -2.21. The molecule has 0 aliphatic heterocycles. The summed E-state index contributed by atoms with van der Waals surface area (Å²) in [7, 11) is 0. The summed E-state index contributed by atoms with van der Waals surface area (Å²) in [5.74, 6) is -0.656. The highest BCUT2D eigenvalue weighted by Crippen LogP contribution is 2.16. The molecule has 0 rings (SSSR count). The van der Waals surface area contributed by atoms with Crippen molar-refractivity contribution in [2.75, 3.05) is 5.75 Å². The molecule has 0 aromatic heterocycles. The van der Waals surface area contributed by atoms with Gasteiger partial charge in [0.15, 0.2) is 0 Å². The first kappa shape index (κ1) is 12.7. The van der Waals surface area contributed by atoms with E-state index in [1.54, 1.807) is 6.92 Å². The lowest BCUT2D eigenvalue weighted by Gasteiger charge is -2.15. The zero-order valence-corrected chi connectivity index (χ0v) is 8.62. The average Bonchev–Trinajstić information content (AvgIpc) is 1.98. The zero-order chi connectivity index (χ0) is 10.4. The standard InChI is InChI=1S/C8H16O4S/c1-5(9)6(2)13-4-7(10)3-8(11)12/h5-7,9-10H,3-4H2,1-2H3,(H,11,12). The first-order chi connectivity index (χ1) is 5.93. The molecule has 0 radical (unpaired) electrons. The lowest BCUT2D eigenvalue weighted by molar-refractivity contribution is -0.138. The third-order valence-corrected chi connectivity index (χ3v) is 3.14. The molecule has 3 N–H and O–H groups in total. The molecule has 0 heterocycles. The Kier molecular flexibility index (Phi) is 6.11. The monoisotopic (exact) mass is 208 g/mol. The molecular weight excluding hydrogens is 192 g/mol. The van der Waals surface area contributed by atoms with Gasteiger partial charge in [0, 0.05) is 11.0 Å². The summed E-state index contributed by atoms with van der Waals surface area (Å²) < 4.78 is 0. The Hall–Kier alpha value is -0.260. The van der Waals surface area contributed by atoms with Gasteiger partial charge in [0.2, 0.25) is 0 Å². The number of thioether (sulfide) groups is 1. The van der Waals surface area contributed by atoms with Crippen molar-refractivity contribution in [3.63, 3.8) is 0 Å². The van der Waals surface area contributed by atoms with Gasteiger partial charge >= 0.3 is 5.97 Å². The normalized spacial score (nSPS) is 17.8. The molecule has 0 amide bonds. The largest absolute Gasteiger partial charge is 0.481 e. The number of aliphatic hydroxyl groups is 2. The molecule has 5 heteroatoms. The van der Waals surface area contributed by atoms with Crippen LogP contribution in [0.5, 0.6) is 0 Å². The fourth-order valence-corrected chi connectivity index (χ4v) is 1.58. The Morgan fingerprint density at radius 1 is 1.38 bits per heavy atom. The quantitative estimate of drug-likeness (QED) is 0.586. The molecule has 0 aliphatic rings. The van der Waals surface area contributed by atoms with Crippen LogP contribution in [-0.4, -0.2) is 44.5 Å². The summed E-state index contributed by atoms with van der Waals surface area (Å²) in [6.45, 7) is 3.50. The molecule has 4 nitrogen and oxygen atoms in total. The van der Waals surface area contributed by atoms with Gasteiger partial charge in [-0.25, -0.2) is 0 Å². The van der Waals surface area contributed by atoms with E-state index in [-0.39, 0.29) is 11.7 Å². The number of carboxylic acids is 1. The van der Waals surface area contributed by atoms with Gasteiger partial charge in [-0.2, -0.15) is 11.8 Å². The summed E-state index contributed by atoms with van der Waals surface area (Å²) in [5, 5.41) is 26.6. The summed E-state index contributed by atoms with van der Waals surface area (Å²) in [6, 6.07) is 0. The number of aliphatic carboxylic acids is 1. The molecule has 0 fully saturated rings. The van der Waals surface area contributed by atoms with Gasteiger partial charge < -0.3 is 15.3 Å². The van der Waals surface area contributed by atoms with Crippen LogP contribution in [0.15, 0.2) is 0 Å². The molecule has 0 aromatic carbocycles. The third-order valence-electron chi connectivity index (χ3n) is 1.64. The molecule has 3 atom stereocenters. The SMILES string of the molecule is CC(O)C(C)SCC(O)CC(=O)O. The number of aliphatic hydroxyl groups excluding tert-OH is 2. The van der Waals surface area contributed by atoms with Crippen LogP contribution in [0.3, 0.4) is 0 Å². The van der Waals surface area contributed by atoms with Crippen molar-refractivity contribution in [1.82, 2.24) is 0 Å². The van der Waals surface area contributed by atoms with Crippen LogP contribution in [0, 0.1) is 0 Å². The Morgan fingerprint density at radius 2 is 1.92 bits per heavy atom. The van der Waals surface area contributed by atoms with Crippen LogP contribution in [0.25, 0.3) is 0 Å². The molecule has 0 aromatic rings. The van der Waals surface area contributed by atoms with Gasteiger partial charge in [-0.1, -0.05) is 6.92 Å². The Labute approximate surface area is 82.0 Å². The Bertz CT molecular complexity index is 160. The number of rotatable bonds is 6. The molecule has 78 valence electrons. The van der Waals surface area contributed by atoms with Crippen molar-refractivity contribution >= 4 is 17.7 Å². The molecular formula is C8H16O4S. The maximum atomic E-state index is 10.2. The highest BCUT2D eigenvalue weighted by Gasteiger charge is 2.14. The van der Waals surface area contributed by atoms with E-state index in [0.29, 0.717) is 5.75 Å². The van der Waals surface area contributed by atoms with Crippen LogP contribution >= 0.6 is 11.8 Å². The Morgan fingerprint density at radius 3 is 2.31 bits per heavy atom. The van der Waals surface area contributed by atoms with Crippen molar-refractivity contribution in [3.8, 4) is 0 Å². The smallest absolute Gasteiger partial charge is 0.306 e. The van der Waals surface area contributed by atoms with Crippen molar-refractivity contribution < 1.29 is 20.1 Å². The second kappa shape index (κ2) is 6.23. The minimum Gasteiger partial charge on any atom is -0.481 e. The summed E-state index contributed by atoms with van der Waals surface area (Å²) in [5.41, 5.74) is 0. The highest BCUT2D eigenvalue weighted by molar-refractivity contribution is 7.99. The van der Waals surface area contributed by atoms with Crippen LogP contribution in [0.4, 0.5) is 0 Å². The molecule has 0 bridgehead atoms. The van der Waals surface area contributed by atoms with E-state index in [1.165, 1.54) is 11.8 Å². The van der Waals surface area contributed by atoms with Gasteiger partial charge in [0.25, 0.3) is 0 Å². The van der Waals surface area contributed by atoms with E-state index in [2.05, 4.69) is 0 Å². The van der Waals surface area contributed by atoms with E-state index in [9.17, 15) is 4.79 Å². The second-order valence-corrected chi connectivity index (χ2v) is 4.44. The molecule has 13 heavy (non-hydrogen) atoms. The van der Waals surface area contributed by atoms with Gasteiger partial charge in [0.1, 0.15) is 0 Å². The molecule has 0 saturated carbocycles. The number of hydrogen-bond acceptors (Lipinski definition) is 4. The van der Waals surface area contributed by atoms with Crippen molar-refractivity contribution in [2.24, 2.45) is 0 Å². The van der Waals surface area contributed by atoms with Crippen LogP contribution in [0.2, 0.25) is 0 Å². The van der Waals surface area contributed by atoms with E-state index in [4.69, 9.17) is 15.3 Å². The maximum Gasteiger partial charge on any atom is 0.306 e. The van der Waals surface area contributed by atoms with E-state index in [1.807, 2.05) is 6.92 Å². The average molecular weight is 208 g/mol. The minimum absolute atomic E-state index is 0.0171. The molecule has 0 aliphatic carbocycles. The first-order valence-electron chi connectivity index (χ1n) is 4.13. The molecule has 3 unspecified atom stereocenters. The van der Waals surface area contributed by atoms with Gasteiger partial charge in [0.05, 0.1) is 18.6 Å². The highest BCUT2D eigenvalue weighted by atomic mass is 32.2. The predicted molar refractivity (Wildman–Crippen MR) is 51.9 cm³/mol. The topological polar surface area (TPSA) is 77.8 Å². The van der Waals surface area contributed by atoms with E-state index >= 15 is 0 Å². The van der Waals surface area contributed by atoms with Gasteiger partial charge in [-0.05, 0) is 6.92 Å². The number of hydrogen-bond donors (Lipinski definition) is 3. The van der Waals surface area contributed by atoms with Crippen molar-refractivity contribution in [1.29, 1.82) is 0 Å². The zero-order valence-electron chi connectivity index (χ0n) is 7.80. The van der Waals surface area contributed by atoms with Crippen LogP contribution in [0.1, 0.15) is 20.3 Å². The van der Waals surface area contributed by atoms with E-state index in [0.717, 1.165) is 0 Å². The molecule has 0 saturated heterocycles. The fraction of sp³-hybridized carbons (Fsp3) is 0.875. The first-order valence-corrected chi connectivity index (χ1v) is 5.18. The predicted octanol–water partition coefficient (Wildman–Crippen LogP) is 0.324.